The van der Waals surface area contributed by atoms with E-state index >= 15 is 0 Å². The second-order valence-corrected chi connectivity index (χ2v) is 6.21. The lowest BCUT2D eigenvalue weighted by molar-refractivity contribution is 0.439. The van der Waals surface area contributed by atoms with Crippen LogP contribution in [0.4, 0.5) is 0 Å². The molecule has 1 unspecified atom stereocenters. The van der Waals surface area contributed by atoms with E-state index in [0.717, 1.165) is 12.5 Å². The molecule has 0 spiro atoms. The van der Waals surface area contributed by atoms with Crippen LogP contribution in [0, 0.1) is 5.92 Å². The zero-order valence-corrected chi connectivity index (χ0v) is 12.2. The van der Waals surface area contributed by atoms with Gasteiger partial charge in [0.05, 0.1) is 0 Å². The number of aryl methyl sites for hydroxylation is 1. The third-order valence-electron chi connectivity index (χ3n) is 4.47. The van der Waals surface area contributed by atoms with Gasteiger partial charge in [0, 0.05) is 16.6 Å². The Morgan fingerprint density at radius 1 is 1.37 bits per heavy atom. The van der Waals surface area contributed by atoms with Crippen LogP contribution in [0.3, 0.4) is 0 Å². The highest BCUT2D eigenvalue weighted by atomic mass is 14.8. The number of benzene rings is 1. The third kappa shape index (κ3) is 2.30. The molecule has 0 saturated heterocycles. The van der Waals surface area contributed by atoms with Crippen LogP contribution in [0.5, 0.6) is 0 Å². The zero-order valence-electron chi connectivity index (χ0n) is 12.2. The molecule has 2 N–H and O–H groups in total. The Morgan fingerprint density at radius 3 is 2.95 bits per heavy atom. The van der Waals surface area contributed by atoms with Crippen LogP contribution >= 0.6 is 0 Å². The van der Waals surface area contributed by atoms with E-state index in [-0.39, 0.29) is 0 Å². The van der Waals surface area contributed by atoms with Crippen molar-refractivity contribution in [2.45, 2.75) is 39.0 Å². The van der Waals surface area contributed by atoms with Gasteiger partial charge in [-0.15, -0.1) is 0 Å². The molecule has 0 aliphatic heterocycles. The minimum Gasteiger partial charge on any atom is -0.358 e. The first kappa shape index (κ1) is 12.7. The summed E-state index contributed by atoms with van der Waals surface area (Å²) in [4.78, 5) is 3.62. The number of hydrogen-bond donors (Lipinski definition) is 2. The van der Waals surface area contributed by atoms with Gasteiger partial charge >= 0.3 is 0 Å². The largest absolute Gasteiger partial charge is 0.358 e. The SMILES string of the molecule is CNCC1CCc2[nH]c3ccc(C(C)C)cc3c2C1. The lowest BCUT2D eigenvalue weighted by atomic mass is 9.86. The van der Waals surface area contributed by atoms with Crippen LogP contribution in [0.2, 0.25) is 0 Å². The third-order valence-corrected chi connectivity index (χ3v) is 4.47. The Bertz CT molecular complexity index is 580. The summed E-state index contributed by atoms with van der Waals surface area (Å²) in [5, 5.41) is 4.79. The minimum atomic E-state index is 0.603. The van der Waals surface area contributed by atoms with Crippen molar-refractivity contribution in [3.63, 3.8) is 0 Å². The van der Waals surface area contributed by atoms with E-state index in [4.69, 9.17) is 0 Å². The first-order chi connectivity index (χ1) is 9.19. The molecular formula is C17H24N2. The Balaban J connectivity index is 2.03. The summed E-state index contributed by atoms with van der Waals surface area (Å²) < 4.78 is 0. The van der Waals surface area contributed by atoms with E-state index < -0.39 is 0 Å². The van der Waals surface area contributed by atoms with Crippen molar-refractivity contribution in [1.29, 1.82) is 0 Å². The predicted molar refractivity (Wildman–Crippen MR) is 81.8 cm³/mol. The van der Waals surface area contributed by atoms with Gasteiger partial charge in [0.1, 0.15) is 0 Å². The zero-order chi connectivity index (χ0) is 13.4. The molecule has 0 amide bonds. The molecule has 0 saturated carbocycles. The highest BCUT2D eigenvalue weighted by Crippen LogP contribution is 2.33. The van der Waals surface area contributed by atoms with Crippen molar-refractivity contribution in [2.24, 2.45) is 5.92 Å². The smallest absolute Gasteiger partial charge is 0.0459 e. The van der Waals surface area contributed by atoms with E-state index in [1.807, 2.05) is 0 Å². The molecule has 2 heteroatoms. The quantitative estimate of drug-likeness (QED) is 0.862. The Kier molecular flexibility index (Phi) is 3.36. The van der Waals surface area contributed by atoms with Crippen LogP contribution in [0.25, 0.3) is 10.9 Å². The average Bonchev–Trinajstić information content (AvgIpc) is 2.76. The van der Waals surface area contributed by atoms with E-state index in [0.29, 0.717) is 5.92 Å². The fraction of sp³-hybridized carbons (Fsp3) is 0.529. The Morgan fingerprint density at radius 2 is 2.21 bits per heavy atom. The van der Waals surface area contributed by atoms with Gasteiger partial charge in [-0.2, -0.15) is 0 Å². The predicted octanol–water partition coefficient (Wildman–Crippen LogP) is 3.62. The van der Waals surface area contributed by atoms with E-state index in [2.05, 4.69) is 49.4 Å². The maximum absolute atomic E-state index is 3.62. The topological polar surface area (TPSA) is 27.8 Å². The minimum absolute atomic E-state index is 0.603. The Hall–Kier alpha value is -1.28. The molecule has 3 rings (SSSR count). The molecule has 0 radical (unpaired) electrons. The summed E-state index contributed by atoms with van der Waals surface area (Å²) in [6, 6.07) is 6.92. The first-order valence-electron chi connectivity index (χ1n) is 7.47. The molecular weight excluding hydrogens is 232 g/mol. The molecule has 102 valence electrons. The molecule has 1 heterocycles. The van der Waals surface area contributed by atoms with Gasteiger partial charge in [-0.05, 0) is 68.0 Å². The van der Waals surface area contributed by atoms with E-state index in [1.165, 1.54) is 41.4 Å². The molecule has 1 aliphatic rings. The van der Waals surface area contributed by atoms with Crippen molar-refractivity contribution in [1.82, 2.24) is 10.3 Å². The maximum Gasteiger partial charge on any atom is 0.0459 e. The fourth-order valence-corrected chi connectivity index (χ4v) is 3.33. The molecule has 1 aromatic heterocycles. The highest BCUT2D eigenvalue weighted by Gasteiger charge is 2.22. The molecule has 1 aromatic carbocycles. The van der Waals surface area contributed by atoms with Gasteiger partial charge in [0.25, 0.3) is 0 Å². The number of rotatable bonds is 3. The molecule has 0 fully saturated rings. The number of fused-ring (bicyclic) bond motifs is 3. The number of aromatic amines is 1. The summed E-state index contributed by atoms with van der Waals surface area (Å²) >= 11 is 0. The van der Waals surface area contributed by atoms with Crippen molar-refractivity contribution in [3.05, 3.63) is 35.0 Å². The number of H-pyrrole nitrogens is 1. The van der Waals surface area contributed by atoms with Gasteiger partial charge in [0.15, 0.2) is 0 Å². The molecule has 2 nitrogen and oxygen atoms in total. The van der Waals surface area contributed by atoms with Crippen molar-refractivity contribution in [2.75, 3.05) is 13.6 Å². The van der Waals surface area contributed by atoms with Crippen molar-refractivity contribution in [3.8, 4) is 0 Å². The summed E-state index contributed by atoms with van der Waals surface area (Å²) in [6.07, 6.45) is 3.72. The monoisotopic (exact) mass is 256 g/mol. The lowest BCUT2D eigenvalue weighted by Gasteiger charge is -2.22. The molecule has 0 bridgehead atoms. The first-order valence-corrected chi connectivity index (χ1v) is 7.47. The fourth-order valence-electron chi connectivity index (χ4n) is 3.33. The van der Waals surface area contributed by atoms with Gasteiger partial charge in [-0.25, -0.2) is 0 Å². The van der Waals surface area contributed by atoms with Crippen LogP contribution in [-0.2, 0) is 12.8 Å². The number of hydrogen-bond acceptors (Lipinski definition) is 1. The number of aromatic nitrogens is 1. The van der Waals surface area contributed by atoms with Gasteiger partial charge in [-0.3, -0.25) is 0 Å². The van der Waals surface area contributed by atoms with Gasteiger partial charge in [0.2, 0.25) is 0 Å². The second-order valence-electron chi connectivity index (χ2n) is 6.21. The van der Waals surface area contributed by atoms with Crippen LogP contribution in [0.1, 0.15) is 43.0 Å². The Labute approximate surface area is 115 Å². The molecule has 2 aromatic rings. The summed E-state index contributed by atoms with van der Waals surface area (Å²) in [5.41, 5.74) is 5.82. The van der Waals surface area contributed by atoms with Gasteiger partial charge < -0.3 is 10.3 Å². The standard InChI is InChI=1S/C17H24N2/c1-11(2)13-5-7-17-15(9-13)14-8-12(10-18-3)4-6-16(14)19-17/h5,7,9,11-12,18-19H,4,6,8,10H2,1-3H3. The molecule has 19 heavy (non-hydrogen) atoms. The molecule has 1 atom stereocenters. The highest BCUT2D eigenvalue weighted by molar-refractivity contribution is 5.85. The summed E-state index contributed by atoms with van der Waals surface area (Å²) in [7, 11) is 2.06. The van der Waals surface area contributed by atoms with Gasteiger partial charge in [-0.1, -0.05) is 19.9 Å². The average molecular weight is 256 g/mol. The number of nitrogens with one attached hydrogen (secondary N) is 2. The van der Waals surface area contributed by atoms with Crippen LogP contribution < -0.4 is 5.32 Å². The van der Waals surface area contributed by atoms with E-state index in [1.54, 1.807) is 5.56 Å². The molecule has 1 aliphatic carbocycles. The van der Waals surface area contributed by atoms with Crippen LogP contribution in [0.15, 0.2) is 18.2 Å². The van der Waals surface area contributed by atoms with Crippen molar-refractivity contribution >= 4 is 10.9 Å². The lowest BCUT2D eigenvalue weighted by Crippen LogP contribution is -2.24. The van der Waals surface area contributed by atoms with E-state index in [9.17, 15) is 0 Å². The second kappa shape index (κ2) is 5.01. The van der Waals surface area contributed by atoms with Crippen LogP contribution in [-0.4, -0.2) is 18.6 Å². The van der Waals surface area contributed by atoms with Crippen molar-refractivity contribution < 1.29 is 0 Å². The summed E-state index contributed by atoms with van der Waals surface area (Å²) in [5.74, 6) is 1.39. The summed E-state index contributed by atoms with van der Waals surface area (Å²) in [6.45, 7) is 5.67. The maximum atomic E-state index is 3.62. The normalized spacial score (nSPS) is 19.1.